The molecule has 0 bridgehead atoms. The van der Waals surface area contributed by atoms with Gasteiger partial charge in [0.25, 0.3) is 0 Å². The zero-order valence-corrected chi connectivity index (χ0v) is 26.3. The first-order valence-corrected chi connectivity index (χ1v) is 14.7. The second-order valence-electron chi connectivity index (χ2n) is 9.99. The minimum absolute atomic E-state index is 0.0439. The largest absolute Gasteiger partial charge is 0.486 e. The molecule has 13 nitrogen and oxygen atoms in total. The van der Waals surface area contributed by atoms with E-state index >= 15 is 0 Å². The summed E-state index contributed by atoms with van der Waals surface area (Å²) in [6, 6.07) is 5.76. The molecule has 1 aliphatic rings. The van der Waals surface area contributed by atoms with Crippen LogP contribution in [0.25, 0.3) is 0 Å². The second-order valence-corrected chi connectivity index (χ2v) is 10.8. The molecule has 236 valence electrons. The normalized spacial score (nSPS) is 21.5. The van der Waals surface area contributed by atoms with Crippen molar-refractivity contribution < 1.29 is 42.9 Å². The third-order valence-electron chi connectivity index (χ3n) is 6.46. The molecule has 1 fully saturated rings. The SMILES string of the molecule is CCCCCn1c(COc2ccc(Cl)cc2)nn([C@@H]2O[C@H](COC(C)=O)[C@@H](OC(C)=O)[C@H](OC(C)=O)[C@H]2NC(C)=O)c1=S. The van der Waals surface area contributed by atoms with Crippen LogP contribution >= 0.6 is 23.8 Å². The van der Waals surface area contributed by atoms with Gasteiger partial charge in [-0.1, -0.05) is 31.4 Å². The van der Waals surface area contributed by atoms with Gasteiger partial charge in [0.05, 0.1) is 0 Å². The van der Waals surface area contributed by atoms with E-state index in [0.717, 1.165) is 19.3 Å². The Labute approximate surface area is 259 Å². The number of nitrogens with zero attached hydrogens (tertiary/aromatic N) is 3. The van der Waals surface area contributed by atoms with Crippen LogP contribution in [0.2, 0.25) is 5.02 Å². The van der Waals surface area contributed by atoms with Crippen LogP contribution in [-0.2, 0) is 51.3 Å². The molecule has 1 aromatic carbocycles. The van der Waals surface area contributed by atoms with Crippen molar-refractivity contribution in [2.75, 3.05) is 6.61 Å². The molecule has 1 amide bonds. The Morgan fingerprint density at radius 3 is 2.23 bits per heavy atom. The molecular weight excluding hydrogens is 604 g/mol. The number of unbranched alkanes of at least 4 members (excludes halogenated alkanes) is 2. The average Bonchev–Trinajstić information content (AvgIpc) is 3.23. The van der Waals surface area contributed by atoms with Gasteiger partial charge >= 0.3 is 17.9 Å². The number of esters is 3. The third kappa shape index (κ3) is 9.50. The standard InChI is InChI=1S/C28H37ClN4O9S/c1-6-7-8-13-32-23(15-39-21-11-9-20(29)10-12-21)31-33(28(32)43)27-24(30-16(2)34)26(41-19(5)37)25(40-18(4)36)22(42-27)14-38-17(3)35/h9-12,22,24-27H,6-8,13-15H2,1-5H3,(H,30,34)/t22-,24-,25-,26-,27-/m1/s1. The summed E-state index contributed by atoms with van der Waals surface area (Å²) in [6.07, 6.45) is -2.00. The highest BCUT2D eigenvalue weighted by Crippen LogP contribution is 2.33. The van der Waals surface area contributed by atoms with Crippen LogP contribution in [0.4, 0.5) is 0 Å². The van der Waals surface area contributed by atoms with Crippen LogP contribution in [0.15, 0.2) is 24.3 Å². The molecule has 0 aliphatic carbocycles. The number of hydrogen-bond donors (Lipinski definition) is 1. The number of carbonyl (C=O) groups excluding carboxylic acids is 4. The highest BCUT2D eigenvalue weighted by molar-refractivity contribution is 7.71. The van der Waals surface area contributed by atoms with Crippen molar-refractivity contribution in [1.82, 2.24) is 19.7 Å². The van der Waals surface area contributed by atoms with Gasteiger partial charge in [-0.25, -0.2) is 4.68 Å². The van der Waals surface area contributed by atoms with E-state index in [9.17, 15) is 19.2 Å². The van der Waals surface area contributed by atoms with E-state index < -0.39 is 54.4 Å². The Balaban J connectivity index is 2.10. The molecule has 0 unspecified atom stereocenters. The van der Waals surface area contributed by atoms with Gasteiger partial charge in [0.1, 0.15) is 31.1 Å². The van der Waals surface area contributed by atoms with E-state index in [1.54, 1.807) is 24.3 Å². The molecular formula is C28H37ClN4O9S. The summed E-state index contributed by atoms with van der Waals surface area (Å²) in [5.74, 6) is -1.43. The number of carbonyl (C=O) groups is 4. The van der Waals surface area contributed by atoms with Crippen molar-refractivity contribution in [2.45, 2.75) is 97.6 Å². The van der Waals surface area contributed by atoms with Crippen molar-refractivity contribution in [1.29, 1.82) is 0 Å². The fourth-order valence-electron chi connectivity index (χ4n) is 4.67. The first kappa shape index (κ1) is 34.0. The van der Waals surface area contributed by atoms with Gasteiger partial charge in [-0.2, -0.15) is 5.10 Å². The number of rotatable bonds is 13. The van der Waals surface area contributed by atoms with Crippen LogP contribution < -0.4 is 10.1 Å². The van der Waals surface area contributed by atoms with Crippen molar-refractivity contribution >= 4 is 47.6 Å². The van der Waals surface area contributed by atoms with Gasteiger partial charge in [0, 0.05) is 39.3 Å². The summed E-state index contributed by atoms with van der Waals surface area (Å²) in [4.78, 5) is 48.4. The maximum absolute atomic E-state index is 12.4. The number of nitrogens with one attached hydrogen (secondary N) is 1. The monoisotopic (exact) mass is 640 g/mol. The first-order valence-electron chi connectivity index (χ1n) is 13.9. The lowest BCUT2D eigenvalue weighted by molar-refractivity contribution is -0.239. The van der Waals surface area contributed by atoms with Crippen LogP contribution in [0.3, 0.4) is 0 Å². The van der Waals surface area contributed by atoms with Crippen LogP contribution in [0.1, 0.15) is 65.9 Å². The summed E-state index contributed by atoms with van der Waals surface area (Å²) in [5.41, 5.74) is 0. The number of aromatic nitrogens is 3. The topological polar surface area (TPSA) is 149 Å². The number of hydrogen-bond acceptors (Lipinski definition) is 11. The molecule has 43 heavy (non-hydrogen) atoms. The number of amides is 1. The van der Waals surface area contributed by atoms with E-state index in [4.69, 9.17) is 52.6 Å². The Hall–Kier alpha value is -3.49. The average molecular weight is 641 g/mol. The molecule has 1 saturated heterocycles. The predicted molar refractivity (Wildman–Crippen MR) is 156 cm³/mol. The summed E-state index contributed by atoms with van der Waals surface area (Å²) in [7, 11) is 0. The fraction of sp³-hybridized carbons (Fsp3) is 0.571. The molecule has 0 spiro atoms. The van der Waals surface area contributed by atoms with Gasteiger partial charge < -0.3 is 33.6 Å². The molecule has 2 heterocycles. The number of halogens is 1. The number of ether oxygens (including phenoxy) is 5. The highest BCUT2D eigenvalue weighted by Gasteiger charge is 2.52. The molecule has 5 atom stereocenters. The molecule has 0 saturated carbocycles. The molecule has 1 aliphatic heterocycles. The lowest BCUT2D eigenvalue weighted by Gasteiger charge is -2.45. The van der Waals surface area contributed by atoms with E-state index in [2.05, 4.69) is 12.2 Å². The molecule has 0 radical (unpaired) electrons. The smallest absolute Gasteiger partial charge is 0.303 e. The summed E-state index contributed by atoms with van der Waals surface area (Å²) >= 11 is 11.8. The van der Waals surface area contributed by atoms with Gasteiger partial charge in [-0.3, -0.25) is 19.2 Å². The predicted octanol–water partition coefficient (Wildman–Crippen LogP) is 3.67. The Bertz CT molecular complexity index is 1350. The van der Waals surface area contributed by atoms with Gasteiger partial charge in [0.2, 0.25) is 5.91 Å². The minimum atomic E-state index is -1.24. The van der Waals surface area contributed by atoms with E-state index in [1.165, 1.54) is 32.4 Å². The Morgan fingerprint density at radius 2 is 1.65 bits per heavy atom. The second kappa shape index (κ2) is 15.8. The summed E-state index contributed by atoms with van der Waals surface area (Å²) in [6.45, 7) is 7.17. The van der Waals surface area contributed by atoms with Crippen LogP contribution in [0, 0.1) is 4.77 Å². The van der Waals surface area contributed by atoms with Crippen LogP contribution in [0.5, 0.6) is 5.75 Å². The van der Waals surface area contributed by atoms with Crippen molar-refractivity contribution in [3.63, 3.8) is 0 Å². The molecule has 3 rings (SSSR count). The van der Waals surface area contributed by atoms with E-state index in [-0.39, 0.29) is 18.0 Å². The maximum atomic E-state index is 12.4. The maximum Gasteiger partial charge on any atom is 0.303 e. The number of benzene rings is 1. The lowest BCUT2D eigenvalue weighted by atomic mass is 9.95. The van der Waals surface area contributed by atoms with Crippen molar-refractivity contribution in [3.8, 4) is 5.75 Å². The van der Waals surface area contributed by atoms with Crippen molar-refractivity contribution in [2.24, 2.45) is 0 Å². The Morgan fingerprint density at radius 1 is 1.00 bits per heavy atom. The van der Waals surface area contributed by atoms with Gasteiger partial charge in [0.15, 0.2) is 29.0 Å². The van der Waals surface area contributed by atoms with E-state index in [0.29, 0.717) is 23.1 Å². The minimum Gasteiger partial charge on any atom is -0.486 e. The fourth-order valence-corrected chi connectivity index (χ4v) is 5.14. The zero-order chi connectivity index (χ0) is 31.7. The lowest BCUT2D eigenvalue weighted by Crippen LogP contribution is -2.64. The molecule has 15 heteroatoms. The molecule has 2 aromatic rings. The Kier molecular flexibility index (Phi) is 12.5. The molecule has 1 aromatic heterocycles. The quantitative estimate of drug-likeness (QED) is 0.148. The van der Waals surface area contributed by atoms with E-state index in [1.807, 2.05) is 4.57 Å². The van der Waals surface area contributed by atoms with Gasteiger partial charge in [-0.05, 0) is 42.9 Å². The molecule has 1 N–H and O–H groups in total. The summed E-state index contributed by atoms with van der Waals surface area (Å²) < 4.78 is 32.0. The third-order valence-corrected chi connectivity index (χ3v) is 7.12. The van der Waals surface area contributed by atoms with Crippen molar-refractivity contribution in [3.05, 3.63) is 39.9 Å². The van der Waals surface area contributed by atoms with Crippen LogP contribution in [-0.4, -0.2) is 69.1 Å². The highest BCUT2D eigenvalue weighted by atomic mass is 35.5. The zero-order valence-electron chi connectivity index (χ0n) is 24.7. The first-order chi connectivity index (χ1) is 20.4. The van der Waals surface area contributed by atoms with Gasteiger partial charge in [-0.15, -0.1) is 0 Å². The summed E-state index contributed by atoms with van der Waals surface area (Å²) in [5, 5.41) is 8.03.